The van der Waals surface area contributed by atoms with Crippen molar-refractivity contribution in [3.63, 3.8) is 0 Å². The van der Waals surface area contributed by atoms with Gasteiger partial charge in [0.25, 0.3) is 0 Å². The number of ether oxygens (including phenoxy) is 2. The first-order valence-corrected chi connectivity index (χ1v) is 11.3. The second kappa shape index (κ2) is 13.5. The lowest BCUT2D eigenvalue weighted by Gasteiger charge is -2.44. The van der Waals surface area contributed by atoms with Crippen molar-refractivity contribution in [1.82, 2.24) is 21.7 Å². The Bertz CT molecular complexity index is 803. The molecule has 0 aliphatic carbocycles. The predicted molar refractivity (Wildman–Crippen MR) is 122 cm³/mol. The molecule has 2 aliphatic rings. The normalized spacial score (nSPS) is 31.5. The largest absolute Gasteiger partial charge is 0.480 e. The summed E-state index contributed by atoms with van der Waals surface area (Å²) >= 11 is 0. The van der Waals surface area contributed by atoms with Crippen LogP contribution < -0.4 is 38.9 Å². The van der Waals surface area contributed by atoms with Crippen molar-refractivity contribution in [2.24, 2.45) is 22.2 Å². The highest BCUT2D eigenvalue weighted by atomic mass is 16.6. The molecule has 1 saturated heterocycles. The van der Waals surface area contributed by atoms with Crippen molar-refractivity contribution in [1.29, 1.82) is 0 Å². The van der Waals surface area contributed by atoms with E-state index in [0.717, 1.165) is 0 Å². The Morgan fingerprint density at radius 3 is 2.58 bits per heavy atom. The Morgan fingerprint density at radius 1 is 1.33 bits per heavy atom. The molecule has 2 amide bonds. The quantitative estimate of drug-likeness (QED) is 0.115. The molecule has 0 aromatic carbocycles. The molecule has 0 saturated carbocycles. The highest BCUT2D eigenvalue weighted by molar-refractivity contribution is 5.89. The third-order valence-corrected chi connectivity index (χ3v) is 5.78. The molecule has 14 N–H and O–H groups in total. The number of hydrogen-bond acceptors (Lipinski definition) is 13. The lowest BCUT2D eigenvalue weighted by atomic mass is 9.95. The van der Waals surface area contributed by atoms with Gasteiger partial charge in [-0.15, -0.1) is 0 Å². The maximum absolute atomic E-state index is 12.6. The number of aliphatic hydroxyl groups is 3. The van der Waals surface area contributed by atoms with Crippen LogP contribution in [0, 0.1) is 0 Å². The zero-order valence-electron chi connectivity index (χ0n) is 19.4. The topological polar surface area (TPSA) is 301 Å². The van der Waals surface area contributed by atoms with Crippen LogP contribution >= 0.6 is 0 Å². The third-order valence-electron chi connectivity index (χ3n) is 5.78. The number of carboxylic acid groups (broad SMARTS) is 1. The van der Waals surface area contributed by atoms with Crippen molar-refractivity contribution < 1.29 is 44.3 Å². The van der Waals surface area contributed by atoms with E-state index in [0.29, 0.717) is 12.8 Å². The molecule has 1 fully saturated rings. The van der Waals surface area contributed by atoms with Crippen LogP contribution in [0.3, 0.4) is 0 Å². The van der Waals surface area contributed by atoms with Crippen LogP contribution in [0.25, 0.3) is 0 Å². The van der Waals surface area contributed by atoms with Crippen LogP contribution in [0.1, 0.15) is 19.3 Å². The van der Waals surface area contributed by atoms with Gasteiger partial charge in [0.05, 0.1) is 18.8 Å². The summed E-state index contributed by atoms with van der Waals surface area (Å²) in [6, 6.07) is -4.34. The Balaban J connectivity index is 2.25. The van der Waals surface area contributed by atoms with Gasteiger partial charge in [-0.25, -0.2) is 14.6 Å². The lowest BCUT2D eigenvalue weighted by Crippen LogP contribution is -2.69. The van der Waals surface area contributed by atoms with Gasteiger partial charge in [-0.1, -0.05) is 0 Å². The summed E-state index contributed by atoms with van der Waals surface area (Å²) in [5.74, 6) is -2.07. The number of rotatable bonds is 12. The molecule has 9 unspecified atom stereocenters. The van der Waals surface area contributed by atoms with Crippen molar-refractivity contribution in [3.05, 3.63) is 0 Å². The molecule has 1 radical (unpaired) electrons. The van der Waals surface area contributed by atoms with Crippen LogP contribution in [0.2, 0.25) is 0 Å². The molecule has 17 heteroatoms. The first kappa shape index (κ1) is 29.4. The highest BCUT2D eigenvalue weighted by Gasteiger charge is 2.49. The fraction of sp³-hybridized carbons (Fsp3) is 0.789. The van der Waals surface area contributed by atoms with Gasteiger partial charge < -0.3 is 63.1 Å². The minimum atomic E-state index is -1.63. The van der Waals surface area contributed by atoms with Gasteiger partial charge in [-0.2, -0.15) is 0 Å². The number of nitrogens with one attached hydrogen (secondary N) is 4. The number of carbonyl (C=O) groups excluding carboxylic acids is 2. The smallest absolute Gasteiger partial charge is 0.404 e. The summed E-state index contributed by atoms with van der Waals surface area (Å²) in [6.45, 7) is -0.809. The van der Waals surface area contributed by atoms with Gasteiger partial charge in [0.15, 0.2) is 24.3 Å². The first-order valence-electron chi connectivity index (χ1n) is 11.3. The fourth-order valence-electron chi connectivity index (χ4n) is 3.98. The number of nitrogens with two attached hydrogens (primary N) is 3. The zero-order valence-corrected chi connectivity index (χ0v) is 19.4. The van der Waals surface area contributed by atoms with Crippen molar-refractivity contribution in [2.45, 2.75) is 74.1 Å². The molecule has 2 rings (SSSR count). The molecule has 0 aromatic rings. The summed E-state index contributed by atoms with van der Waals surface area (Å²) in [5.41, 5.74) is 23.6. The molecule has 0 bridgehead atoms. The summed E-state index contributed by atoms with van der Waals surface area (Å²) in [7, 11) is 0. The van der Waals surface area contributed by atoms with Crippen molar-refractivity contribution >= 4 is 23.9 Å². The van der Waals surface area contributed by atoms with Crippen LogP contribution in [-0.2, 0) is 19.1 Å². The predicted octanol–water partition coefficient (Wildman–Crippen LogP) is -5.52. The van der Waals surface area contributed by atoms with Gasteiger partial charge in [0.2, 0.25) is 5.91 Å². The van der Waals surface area contributed by atoms with E-state index in [1.54, 1.807) is 0 Å². The Labute approximate surface area is 206 Å². The second-order valence-corrected chi connectivity index (χ2v) is 8.50. The standard InChI is InChI=1S/C19H35N8O9/c20-3-1-2-7(22)4-10(30)24-13-14(31)15(36-18(23)34)9(6-28)35-16(13)27-19-25-11(8(29)5-21)12(26-19)17(32)33/h7-9,11-16,20,28-29,31H,1-6,21-22H2,(H2,23,34)(H,24,30)(H,32,33)(H2,25,26,27). The van der Waals surface area contributed by atoms with Crippen LogP contribution in [0.5, 0.6) is 0 Å². The zero-order chi connectivity index (χ0) is 27.0. The van der Waals surface area contributed by atoms with Gasteiger partial charge >= 0.3 is 12.1 Å². The average molecular weight is 520 g/mol. The fourth-order valence-corrected chi connectivity index (χ4v) is 3.98. The van der Waals surface area contributed by atoms with Crippen LogP contribution in [-0.4, -0.2) is 119 Å². The lowest BCUT2D eigenvalue weighted by molar-refractivity contribution is -0.198. The molecule has 2 heterocycles. The monoisotopic (exact) mass is 519 g/mol. The van der Waals surface area contributed by atoms with E-state index in [9.17, 15) is 34.8 Å². The number of guanidine groups is 1. The Hall–Kier alpha value is -2.80. The van der Waals surface area contributed by atoms with Gasteiger partial charge in [-0.05, 0) is 12.8 Å². The van der Waals surface area contributed by atoms with E-state index in [1.807, 2.05) is 0 Å². The molecule has 0 spiro atoms. The summed E-state index contributed by atoms with van der Waals surface area (Å²) in [6.07, 6.45) is -7.41. The molecular weight excluding hydrogens is 484 g/mol. The van der Waals surface area contributed by atoms with Crippen molar-refractivity contribution in [3.8, 4) is 0 Å². The number of carbonyl (C=O) groups is 3. The molecule has 36 heavy (non-hydrogen) atoms. The summed E-state index contributed by atoms with van der Waals surface area (Å²) in [4.78, 5) is 39.5. The first-order chi connectivity index (χ1) is 17.0. The van der Waals surface area contributed by atoms with Gasteiger partial charge in [0.1, 0.15) is 18.2 Å². The van der Waals surface area contributed by atoms with Gasteiger partial charge in [-0.3, -0.25) is 10.5 Å². The Morgan fingerprint density at radius 2 is 2.03 bits per heavy atom. The SMILES string of the molecule is [NH]CCCC(N)CC(=O)NC1C(NC2=NC(C(=O)O)C(C(O)CN)N2)OC(CO)C(OC(N)=O)C1O. The van der Waals surface area contributed by atoms with E-state index in [1.165, 1.54) is 0 Å². The van der Waals surface area contributed by atoms with E-state index in [-0.39, 0.29) is 25.5 Å². The van der Waals surface area contributed by atoms with E-state index < -0.39 is 79.4 Å². The molecule has 9 atom stereocenters. The maximum atomic E-state index is 12.6. The maximum Gasteiger partial charge on any atom is 0.404 e. The number of hydrogen-bond donors (Lipinski definition) is 10. The van der Waals surface area contributed by atoms with E-state index in [4.69, 9.17) is 32.4 Å². The summed E-state index contributed by atoms with van der Waals surface area (Å²) in [5, 5.41) is 48.1. The number of carboxylic acids is 1. The van der Waals surface area contributed by atoms with Crippen LogP contribution in [0.4, 0.5) is 4.79 Å². The van der Waals surface area contributed by atoms with Crippen molar-refractivity contribution in [2.75, 3.05) is 19.7 Å². The number of primary amides is 1. The number of aliphatic carboxylic acids is 1. The Kier molecular flexibility index (Phi) is 11.0. The number of aliphatic imine (C=N–C) groups is 1. The number of nitrogens with zero attached hydrogens (tertiary/aromatic N) is 1. The molecule has 2 aliphatic heterocycles. The average Bonchev–Trinajstić information content (AvgIpc) is 3.25. The summed E-state index contributed by atoms with van der Waals surface area (Å²) < 4.78 is 10.6. The second-order valence-electron chi connectivity index (χ2n) is 8.50. The molecular formula is C19H35N8O9. The van der Waals surface area contributed by atoms with Gasteiger partial charge in [0, 0.05) is 25.6 Å². The molecule has 205 valence electrons. The molecule has 17 nitrogen and oxygen atoms in total. The molecule has 0 aromatic heterocycles. The third kappa shape index (κ3) is 7.60. The van der Waals surface area contributed by atoms with E-state index in [2.05, 4.69) is 20.9 Å². The minimum Gasteiger partial charge on any atom is -0.480 e. The van der Waals surface area contributed by atoms with Crippen LogP contribution in [0.15, 0.2) is 4.99 Å². The highest BCUT2D eigenvalue weighted by Crippen LogP contribution is 2.23. The minimum absolute atomic E-state index is 0.144. The van der Waals surface area contributed by atoms with E-state index >= 15 is 0 Å². The number of amides is 2. The number of aliphatic hydroxyl groups excluding tert-OH is 3.